The van der Waals surface area contributed by atoms with Gasteiger partial charge in [0.15, 0.2) is 5.84 Å². The van der Waals surface area contributed by atoms with Gasteiger partial charge >= 0.3 is 0 Å². The lowest BCUT2D eigenvalue weighted by Gasteiger charge is -2.24. The van der Waals surface area contributed by atoms with Gasteiger partial charge in [-0.2, -0.15) is 0 Å². The van der Waals surface area contributed by atoms with E-state index in [1.807, 2.05) is 18.2 Å². The van der Waals surface area contributed by atoms with Crippen LogP contribution in [-0.4, -0.2) is 11.7 Å². The van der Waals surface area contributed by atoms with Crippen LogP contribution in [0.2, 0.25) is 0 Å². The smallest absolute Gasteiger partial charge is 0.159 e. The fourth-order valence-corrected chi connectivity index (χ4v) is 10.3. The molecule has 1 aliphatic heterocycles. The number of benzene rings is 11. The molecule has 1 unspecified atom stereocenters. The van der Waals surface area contributed by atoms with E-state index in [0.29, 0.717) is 5.84 Å². The number of hydrogen-bond acceptors (Lipinski definition) is 5. The number of aliphatic imine (C=N–C) groups is 2. The zero-order valence-corrected chi connectivity index (χ0v) is 37.8. The first-order valence-corrected chi connectivity index (χ1v) is 23.7. The summed E-state index contributed by atoms with van der Waals surface area (Å²) in [5, 5.41) is 12.7. The van der Waals surface area contributed by atoms with Crippen LogP contribution in [0.4, 0.5) is 0 Å². The highest BCUT2D eigenvalue weighted by Gasteiger charge is 2.24. The lowest BCUT2D eigenvalue weighted by Crippen LogP contribution is -2.33. The second-order valence-electron chi connectivity index (χ2n) is 18.2. The molecule has 0 spiro atoms. The topological polar surface area (TPSA) is 63.0 Å². The van der Waals surface area contributed by atoms with Crippen molar-refractivity contribution in [1.82, 2.24) is 5.32 Å². The Labute approximate surface area is 403 Å². The zero-order valence-electron chi connectivity index (χ0n) is 37.8. The van der Waals surface area contributed by atoms with Crippen molar-refractivity contribution in [3.05, 3.63) is 253 Å². The molecule has 328 valence electrons. The summed E-state index contributed by atoms with van der Waals surface area (Å²) in [6, 6.07) is 83.8. The van der Waals surface area contributed by atoms with Crippen molar-refractivity contribution < 1.29 is 8.83 Å². The van der Waals surface area contributed by atoms with Gasteiger partial charge in [-0.1, -0.05) is 176 Å². The lowest BCUT2D eigenvalue weighted by molar-refractivity contribution is 0.655. The van der Waals surface area contributed by atoms with Gasteiger partial charge in [-0.05, 0) is 127 Å². The summed E-state index contributed by atoms with van der Waals surface area (Å²) in [5.41, 5.74) is 15.3. The van der Waals surface area contributed by atoms with Crippen LogP contribution in [0.3, 0.4) is 0 Å². The highest BCUT2D eigenvalue weighted by atomic mass is 16.3. The molecule has 1 aliphatic rings. The van der Waals surface area contributed by atoms with Crippen LogP contribution in [0.5, 0.6) is 0 Å². The first-order valence-electron chi connectivity index (χ1n) is 23.7. The van der Waals surface area contributed by atoms with Crippen molar-refractivity contribution in [1.29, 1.82) is 0 Å². The Kier molecular flexibility index (Phi) is 9.20. The molecule has 11 aromatic carbocycles. The van der Waals surface area contributed by atoms with Gasteiger partial charge in [-0.3, -0.25) is 0 Å². The minimum absolute atomic E-state index is 0.415. The molecular formula is C65H41N3O2. The maximum absolute atomic E-state index is 6.86. The Hall–Kier alpha value is -9.32. The minimum atomic E-state index is -0.415. The Balaban J connectivity index is 0.912. The average Bonchev–Trinajstić information content (AvgIpc) is 3.99. The Bertz CT molecular complexity index is 4200. The molecule has 0 saturated carbocycles. The summed E-state index contributed by atoms with van der Waals surface area (Å²) in [6.07, 6.45) is -0.415. The van der Waals surface area contributed by atoms with E-state index in [4.69, 9.17) is 18.8 Å². The molecule has 3 heterocycles. The number of rotatable bonds is 7. The fraction of sp³-hybridized carbons (Fsp3) is 0.0154. The van der Waals surface area contributed by atoms with Crippen LogP contribution in [0.15, 0.2) is 255 Å². The van der Waals surface area contributed by atoms with Crippen LogP contribution in [-0.2, 0) is 0 Å². The molecule has 0 radical (unpaired) electrons. The third kappa shape index (κ3) is 6.94. The summed E-state index contributed by atoms with van der Waals surface area (Å²) in [5.74, 6) is 1.40. The van der Waals surface area contributed by atoms with Crippen LogP contribution in [0.25, 0.3) is 110 Å². The first-order chi connectivity index (χ1) is 34.6. The van der Waals surface area contributed by atoms with E-state index in [9.17, 15) is 0 Å². The number of nitrogens with one attached hydrogen (secondary N) is 1. The maximum Gasteiger partial charge on any atom is 0.159 e. The molecule has 13 aromatic rings. The third-order valence-electron chi connectivity index (χ3n) is 13.9. The zero-order chi connectivity index (χ0) is 46.1. The summed E-state index contributed by atoms with van der Waals surface area (Å²) in [7, 11) is 0. The maximum atomic E-state index is 6.86. The van der Waals surface area contributed by atoms with Gasteiger partial charge < -0.3 is 14.2 Å². The van der Waals surface area contributed by atoms with E-state index < -0.39 is 6.17 Å². The highest BCUT2D eigenvalue weighted by molar-refractivity contribution is 6.18. The number of amidine groups is 2. The number of fused-ring (bicyclic) bond motifs is 8. The molecule has 2 aromatic heterocycles. The molecule has 1 N–H and O–H groups in total. The molecule has 5 nitrogen and oxygen atoms in total. The van der Waals surface area contributed by atoms with E-state index >= 15 is 0 Å². The number of nitrogens with zero attached hydrogens (tertiary/aromatic N) is 2. The average molecular weight is 896 g/mol. The second kappa shape index (κ2) is 16.2. The quantitative estimate of drug-likeness (QED) is 0.173. The summed E-state index contributed by atoms with van der Waals surface area (Å²) in [6.45, 7) is 0. The van der Waals surface area contributed by atoms with Crippen molar-refractivity contribution >= 4 is 77.1 Å². The van der Waals surface area contributed by atoms with Crippen LogP contribution in [0.1, 0.15) is 22.9 Å². The number of hydrogen-bond donors (Lipinski definition) is 1. The Morgan fingerprint density at radius 1 is 0.329 bits per heavy atom. The van der Waals surface area contributed by atoms with Crippen molar-refractivity contribution in [2.45, 2.75) is 6.17 Å². The van der Waals surface area contributed by atoms with E-state index in [-0.39, 0.29) is 0 Å². The van der Waals surface area contributed by atoms with Crippen molar-refractivity contribution in [2.24, 2.45) is 9.98 Å². The van der Waals surface area contributed by atoms with E-state index in [1.165, 1.54) is 21.9 Å². The molecule has 0 fully saturated rings. The second-order valence-corrected chi connectivity index (χ2v) is 18.2. The fourth-order valence-electron chi connectivity index (χ4n) is 10.3. The predicted octanol–water partition coefficient (Wildman–Crippen LogP) is 17.0. The number of para-hydroxylation sites is 1. The third-order valence-corrected chi connectivity index (χ3v) is 13.9. The minimum Gasteiger partial charge on any atom is -0.456 e. The standard InChI is InChI=1S/C65H41N3O2/c1-3-13-40(14-4-1)50-32-51(41-15-5-2-6-16-41)34-52(33-50)53-36-56(62-57-35-46-19-9-10-20-47(46)37-60(57)70-61(62)39-53)43-24-26-44(27-25-43)63-66-64(48-28-23-42-17-7-8-18-45(42)31-48)68-65(67-63)49-29-30-55-54-21-11-12-22-58(54)69-59(55)38-49/h1-39,65H,(H,66,67,68). The molecule has 0 bridgehead atoms. The van der Waals surface area contributed by atoms with Crippen LogP contribution in [0, 0.1) is 0 Å². The summed E-state index contributed by atoms with van der Waals surface area (Å²) >= 11 is 0. The summed E-state index contributed by atoms with van der Waals surface area (Å²) in [4.78, 5) is 10.5. The van der Waals surface area contributed by atoms with Gasteiger partial charge in [-0.25, -0.2) is 9.98 Å². The van der Waals surface area contributed by atoms with Gasteiger partial charge in [0, 0.05) is 38.2 Å². The van der Waals surface area contributed by atoms with E-state index in [0.717, 1.165) is 111 Å². The molecule has 14 rings (SSSR count). The van der Waals surface area contributed by atoms with E-state index in [2.05, 4.69) is 224 Å². The van der Waals surface area contributed by atoms with Crippen LogP contribution >= 0.6 is 0 Å². The molecular weight excluding hydrogens is 855 g/mol. The molecule has 1 atom stereocenters. The van der Waals surface area contributed by atoms with Gasteiger partial charge in [0.05, 0.1) is 0 Å². The molecule has 0 amide bonds. The molecule has 0 saturated heterocycles. The van der Waals surface area contributed by atoms with Crippen molar-refractivity contribution in [3.63, 3.8) is 0 Å². The van der Waals surface area contributed by atoms with Gasteiger partial charge in [0.1, 0.15) is 34.3 Å². The van der Waals surface area contributed by atoms with Gasteiger partial charge in [0.2, 0.25) is 0 Å². The normalized spacial score (nSPS) is 13.9. The Morgan fingerprint density at radius 3 is 1.63 bits per heavy atom. The molecule has 5 heteroatoms. The molecule has 70 heavy (non-hydrogen) atoms. The van der Waals surface area contributed by atoms with Gasteiger partial charge in [0.25, 0.3) is 0 Å². The Morgan fingerprint density at radius 2 is 0.886 bits per heavy atom. The predicted molar refractivity (Wildman–Crippen MR) is 290 cm³/mol. The van der Waals surface area contributed by atoms with E-state index in [1.54, 1.807) is 0 Å². The van der Waals surface area contributed by atoms with Crippen LogP contribution < -0.4 is 5.32 Å². The molecule has 0 aliphatic carbocycles. The lowest BCUT2D eigenvalue weighted by atomic mass is 9.90. The van der Waals surface area contributed by atoms with Crippen molar-refractivity contribution in [2.75, 3.05) is 0 Å². The summed E-state index contributed by atoms with van der Waals surface area (Å²) < 4.78 is 13.2. The van der Waals surface area contributed by atoms with Gasteiger partial charge in [-0.15, -0.1) is 0 Å². The number of furan rings is 2. The first kappa shape index (κ1) is 39.8. The largest absolute Gasteiger partial charge is 0.456 e. The SMILES string of the molecule is c1ccc(-c2cc(-c3ccccc3)cc(-c3cc(-c4ccc(C5=NC(c6ccc7ccccc7c6)=NC(c6ccc7c(c6)oc6ccccc67)N5)cc4)c4c(c3)oc3cc5ccccc5cc34)c2)cc1. The monoisotopic (exact) mass is 895 g/mol. The van der Waals surface area contributed by atoms with Crippen molar-refractivity contribution in [3.8, 4) is 44.5 Å². The highest BCUT2D eigenvalue weighted by Crippen LogP contribution is 2.43.